The van der Waals surface area contributed by atoms with E-state index in [0.29, 0.717) is 0 Å². The van der Waals surface area contributed by atoms with Crippen molar-refractivity contribution in [3.05, 3.63) is 60.7 Å². The maximum Gasteiger partial charge on any atom is -0.800 e. The number of hydrogen-bond acceptors (Lipinski definition) is 0. The van der Waals surface area contributed by atoms with Crippen LogP contribution in [-0.4, -0.2) is 0 Å². The van der Waals surface area contributed by atoms with Crippen LogP contribution in [0, 0.1) is 48.5 Å². The third-order valence-corrected chi connectivity index (χ3v) is 0.702. The SMILES string of the molecule is [Cl][WH].[c-]1[c-][c-][cH-][c-]1.[c-]1[c-][c-][cH-][c-]1. The normalized spacial score (nSPS) is 7.17. The van der Waals surface area contributed by atoms with Gasteiger partial charge >= 0.3 is 28.2 Å². The second kappa shape index (κ2) is 10.7. The molecule has 0 aliphatic heterocycles. The molecule has 0 aliphatic rings. The molecule has 2 rings (SSSR count). The van der Waals surface area contributed by atoms with Crippen molar-refractivity contribution in [2.45, 2.75) is 0 Å². The van der Waals surface area contributed by atoms with Crippen LogP contribution in [0.3, 0.4) is 0 Å². The van der Waals surface area contributed by atoms with Crippen LogP contribution in [0.25, 0.3) is 0 Å². The molecule has 0 fully saturated rings. The van der Waals surface area contributed by atoms with Crippen molar-refractivity contribution in [2.75, 3.05) is 0 Å². The molecule has 2 aromatic rings. The van der Waals surface area contributed by atoms with Crippen LogP contribution in [0.15, 0.2) is 12.1 Å². The van der Waals surface area contributed by atoms with Crippen LogP contribution in [0.2, 0.25) is 0 Å². The Morgan fingerprint density at radius 3 is 1.00 bits per heavy atom. The summed E-state index contributed by atoms with van der Waals surface area (Å²) in [6, 6.07) is 24.0. The van der Waals surface area contributed by atoms with E-state index < -0.39 is 0 Å². The van der Waals surface area contributed by atoms with Gasteiger partial charge in [-0.1, -0.05) is 0 Å². The summed E-state index contributed by atoms with van der Waals surface area (Å²) >= 11 is 0.917. The summed E-state index contributed by atoms with van der Waals surface area (Å²) in [4.78, 5) is 0. The third-order valence-electron chi connectivity index (χ3n) is 0.702. The van der Waals surface area contributed by atoms with Crippen molar-refractivity contribution in [2.24, 2.45) is 0 Å². The first-order valence-corrected chi connectivity index (χ1v) is 6.81. The first-order valence-electron chi connectivity index (χ1n) is 2.82. The van der Waals surface area contributed by atoms with E-state index in [2.05, 4.69) is 48.5 Å². The Morgan fingerprint density at radius 1 is 0.667 bits per heavy atom. The Hall–Kier alpha value is -0.322. The molecule has 0 atom stereocenters. The summed E-state index contributed by atoms with van der Waals surface area (Å²) in [5.41, 5.74) is 0. The van der Waals surface area contributed by atoms with Gasteiger partial charge < -0.3 is 60.7 Å². The van der Waals surface area contributed by atoms with Gasteiger partial charge in [0.05, 0.1) is 0 Å². The molecule has 0 unspecified atom stereocenters. The molecule has 0 radical (unpaired) electrons. The Labute approximate surface area is 88.7 Å². The van der Waals surface area contributed by atoms with Crippen molar-refractivity contribution in [3.63, 3.8) is 0 Å². The molecule has 0 aliphatic carbocycles. The van der Waals surface area contributed by atoms with Gasteiger partial charge in [-0.3, -0.25) is 0 Å². The molecule has 0 saturated carbocycles. The van der Waals surface area contributed by atoms with E-state index >= 15 is 0 Å². The molecule has 0 bridgehead atoms. The minimum absolute atomic E-state index is 0.917. The Morgan fingerprint density at radius 2 is 0.917 bits per heavy atom. The Balaban J connectivity index is 0.000000168. The zero-order valence-electron chi connectivity index (χ0n) is 5.98. The second-order valence-corrected chi connectivity index (χ2v) is 1.37. The summed E-state index contributed by atoms with van der Waals surface area (Å²) in [5, 5.41) is 0. The minimum Gasteiger partial charge on any atom is -0.999 e. The van der Waals surface area contributed by atoms with Gasteiger partial charge in [-0.15, -0.1) is 0 Å². The van der Waals surface area contributed by atoms with Gasteiger partial charge in [0.2, 0.25) is 0 Å². The van der Waals surface area contributed by atoms with Gasteiger partial charge in [-0.25, -0.2) is 0 Å². The summed E-state index contributed by atoms with van der Waals surface area (Å²) < 4.78 is 0. The average molecular weight is 342 g/mol. The molecular formula is C10H3ClW-10. The molecule has 0 amide bonds. The van der Waals surface area contributed by atoms with E-state index in [1.807, 2.05) is 0 Å². The van der Waals surface area contributed by atoms with Crippen molar-refractivity contribution in [1.82, 2.24) is 0 Å². The van der Waals surface area contributed by atoms with Crippen molar-refractivity contribution in [3.8, 4) is 0 Å². The molecule has 0 nitrogen and oxygen atoms in total. The van der Waals surface area contributed by atoms with Gasteiger partial charge in [-0.05, 0) is 0 Å². The Kier molecular flexibility index (Phi) is 10.4. The summed E-state index contributed by atoms with van der Waals surface area (Å²) in [7, 11) is 4.75. The van der Waals surface area contributed by atoms with Crippen LogP contribution >= 0.6 is 9.42 Å². The monoisotopic (exact) mass is 342 g/mol. The number of halogens is 1. The predicted molar refractivity (Wildman–Crippen MR) is 42.0 cm³/mol. The Bertz CT molecular complexity index is 149. The van der Waals surface area contributed by atoms with E-state index in [-0.39, 0.29) is 0 Å². The molecule has 66 valence electrons. The van der Waals surface area contributed by atoms with Crippen molar-refractivity contribution < 1.29 is 18.8 Å². The average Bonchev–Trinajstić information content (AvgIpc) is 2.87. The molecule has 2 heteroatoms. The molecule has 0 aromatic heterocycles. The molecule has 0 saturated heterocycles. The zero-order chi connectivity index (χ0) is 9.07. The summed E-state index contributed by atoms with van der Waals surface area (Å²) in [6.45, 7) is 0. The first-order chi connectivity index (χ1) is 6.00. The van der Waals surface area contributed by atoms with Gasteiger partial charge in [0.15, 0.2) is 0 Å². The largest absolute Gasteiger partial charge is 0.999 e. The van der Waals surface area contributed by atoms with Gasteiger partial charge in [-0.2, -0.15) is 0 Å². The summed E-state index contributed by atoms with van der Waals surface area (Å²) in [5.74, 6) is 0. The van der Waals surface area contributed by atoms with Crippen LogP contribution in [0.5, 0.6) is 0 Å². The van der Waals surface area contributed by atoms with Gasteiger partial charge in [0.25, 0.3) is 0 Å². The second-order valence-electron chi connectivity index (χ2n) is 1.37. The van der Waals surface area contributed by atoms with Crippen LogP contribution in [0.4, 0.5) is 0 Å². The first kappa shape index (κ1) is 11.7. The fourth-order valence-corrected chi connectivity index (χ4v) is 0.361. The molecular weight excluding hydrogens is 339 g/mol. The zero-order valence-corrected chi connectivity index (χ0v) is 9.95. The quantitative estimate of drug-likeness (QED) is 0.639. The van der Waals surface area contributed by atoms with Gasteiger partial charge in [0, 0.05) is 0 Å². The third kappa shape index (κ3) is 7.78. The smallest absolute Gasteiger partial charge is 0.800 e. The molecule has 2 aromatic carbocycles. The predicted octanol–water partition coefficient (Wildman–Crippen LogP) is 1.63. The standard InChI is InChI=1S/2C5H.ClH.W.H/c2*1-2-4-5-3-1;;;/h2*1H;1H;;/q2*-5;;+1;/p-1. The fourth-order valence-electron chi connectivity index (χ4n) is 0.361. The van der Waals surface area contributed by atoms with Crippen LogP contribution < -0.4 is 0 Å². The topological polar surface area (TPSA) is 0 Å². The van der Waals surface area contributed by atoms with E-state index in [4.69, 9.17) is 9.42 Å². The van der Waals surface area contributed by atoms with E-state index in [1.54, 1.807) is 12.1 Å². The molecule has 0 N–H and O–H groups in total. The number of hydrogen-bond donors (Lipinski definition) is 0. The minimum atomic E-state index is 0.917. The van der Waals surface area contributed by atoms with Gasteiger partial charge in [0.1, 0.15) is 0 Å². The molecule has 0 spiro atoms. The molecule has 12 heavy (non-hydrogen) atoms. The van der Waals surface area contributed by atoms with Crippen molar-refractivity contribution in [1.29, 1.82) is 0 Å². The fraction of sp³-hybridized carbons (Fsp3) is 0. The van der Waals surface area contributed by atoms with E-state index in [9.17, 15) is 0 Å². The van der Waals surface area contributed by atoms with Crippen molar-refractivity contribution >= 4 is 9.42 Å². The van der Waals surface area contributed by atoms with Crippen LogP contribution in [-0.2, 0) is 18.8 Å². The maximum absolute atomic E-state index is 4.75. The van der Waals surface area contributed by atoms with E-state index in [0.717, 1.165) is 18.8 Å². The van der Waals surface area contributed by atoms with E-state index in [1.165, 1.54) is 0 Å². The van der Waals surface area contributed by atoms with Crippen LogP contribution in [0.1, 0.15) is 0 Å². The molecule has 0 heterocycles. The number of rotatable bonds is 0. The summed E-state index contributed by atoms with van der Waals surface area (Å²) in [6.07, 6.45) is 0. The maximum atomic E-state index is 4.75.